The van der Waals surface area contributed by atoms with Crippen LogP contribution in [-0.2, 0) is 9.53 Å². The summed E-state index contributed by atoms with van der Waals surface area (Å²) in [7, 11) is 6.21. The van der Waals surface area contributed by atoms with Crippen LogP contribution in [0.4, 0.5) is 0 Å². The maximum atomic E-state index is 11.2. The predicted octanol–water partition coefficient (Wildman–Crippen LogP) is -1.59. The minimum absolute atomic E-state index is 0. The second kappa shape index (κ2) is 7.65. The van der Waals surface area contributed by atoms with Crippen molar-refractivity contribution in [3.63, 3.8) is 0 Å². The molecule has 0 spiro atoms. The van der Waals surface area contributed by atoms with E-state index in [1.54, 1.807) is 0 Å². The van der Waals surface area contributed by atoms with Gasteiger partial charge in [-0.3, -0.25) is 4.79 Å². The summed E-state index contributed by atoms with van der Waals surface area (Å²) in [5, 5.41) is 0. The van der Waals surface area contributed by atoms with Crippen molar-refractivity contribution in [2.24, 2.45) is 0 Å². The molecule has 0 saturated carbocycles. The monoisotopic (exact) mass is 331 g/mol. The Hall–Kier alpha value is 0.390. The Labute approximate surface area is 105 Å². The van der Waals surface area contributed by atoms with Crippen molar-refractivity contribution in [2.45, 2.75) is 18.2 Å². The van der Waals surface area contributed by atoms with Crippen LogP contribution in [0.3, 0.4) is 0 Å². The zero-order chi connectivity index (χ0) is 10.5. The minimum Gasteiger partial charge on any atom is -1.00 e. The topological polar surface area (TPSA) is 26.3 Å². The molecule has 0 aliphatic heterocycles. The van der Waals surface area contributed by atoms with Crippen molar-refractivity contribution in [2.75, 3.05) is 34.3 Å². The Morgan fingerprint density at radius 1 is 1.43 bits per heavy atom. The van der Waals surface area contributed by atoms with E-state index in [1.807, 2.05) is 6.92 Å². The highest BCUT2D eigenvalue weighted by molar-refractivity contribution is 9.10. The molecule has 3 nitrogen and oxygen atoms in total. The third-order valence-corrected chi connectivity index (χ3v) is 2.64. The fourth-order valence-electron chi connectivity index (χ4n) is 0.677. The molecule has 5 heteroatoms. The first-order valence-electron chi connectivity index (χ1n) is 4.48. The number of alkyl halides is 1. The van der Waals surface area contributed by atoms with Gasteiger partial charge in [0.15, 0.2) is 0 Å². The summed E-state index contributed by atoms with van der Waals surface area (Å²) in [4.78, 5) is 11.0. The van der Waals surface area contributed by atoms with Crippen molar-refractivity contribution in [1.29, 1.82) is 0 Å². The largest absolute Gasteiger partial charge is 1.00 e. The van der Waals surface area contributed by atoms with Crippen LogP contribution in [0.2, 0.25) is 0 Å². The van der Waals surface area contributed by atoms with E-state index in [9.17, 15) is 4.79 Å². The zero-order valence-electron chi connectivity index (χ0n) is 9.22. The fraction of sp³-hybridized carbons (Fsp3) is 0.889. The van der Waals surface area contributed by atoms with Gasteiger partial charge in [0.2, 0.25) is 0 Å². The number of likely N-dealkylation sites (N-methyl/N-ethyl adjacent to an activating group) is 1. The lowest BCUT2D eigenvalue weighted by molar-refractivity contribution is -0.870. The first-order valence-corrected chi connectivity index (χ1v) is 5.39. The number of halogens is 2. The number of nitrogens with zero attached hydrogens (tertiary/aromatic N) is 1. The van der Waals surface area contributed by atoms with Gasteiger partial charge in [0, 0.05) is 0 Å². The molecule has 14 heavy (non-hydrogen) atoms. The lowest BCUT2D eigenvalue weighted by atomic mass is 10.3. The number of carbonyl (C=O) groups excluding carboxylic acids is 1. The Bertz CT molecular complexity index is 169. The number of hydrogen-bond acceptors (Lipinski definition) is 2. The summed E-state index contributed by atoms with van der Waals surface area (Å²) in [5.74, 6) is -0.157. The molecule has 0 saturated heterocycles. The fourth-order valence-corrected chi connectivity index (χ4v) is 0.809. The Kier molecular flexibility index (Phi) is 9.19. The summed E-state index contributed by atoms with van der Waals surface area (Å²) in [6.07, 6.45) is 0.767. The molecule has 0 aliphatic carbocycles. The number of carbonyl (C=O) groups is 1. The van der Waals surface area contributed by atoms with Crippen LogP contribution >= 0.6 is 15.9 Å². The predicted molar refractivity (Wildman–Crippen MR) is 56.9 cm³/mol. The average Bonchev–Trinajstić information content (AvgIpc) is 2.00. The summed E-state index contributed by atoms with van der Waals surface area (Å²) in [5.41, 5.74) is 0. The molecule has 0 aromatic heterocycles. The van der Waals surface area contributed by atoms with E-state index in [0.717, 1.165) is 17.4 Å². The third kappa shape index (κ3) is 8.97. The van der Waals surface area contributed by atoms with E-state index < -0.39 is 0 Å². The molecule has 0 bridgehead atoms. The number of rotatable bonds is 5. The van der Waals surface area contributed by atoms with Gasteiger partial charge in [-0.25, -0.2) is 0 Å². The van der Waals surface area contributed by atoms with Crippen LogP contribution in [-0.4, -0.2) is 49.6 Å². The normalized spacial score (nSPS) is 12.9. The molecule has 0 heterocycles. The molecule has 0 radical (unpaired) electrons. The number of hydrogen-bond donors (Lipinski definition) is 0. The van der Waals surface area contributed by atoms with Gasteiger partial charge in [0.05, 0.1) is 21.1 Å². The van der Waals surface area contributed by atoms with Gasteiger partial charge in [-0.05, 0) is 6.42 Å². The SMILES string of the molecule is CCC(Br)C(=O)OCC[N+](C)(C)C.[Br-]. The van der Waals surface area contributed by atoms with Crippen LogP contribution in [0.15, 0.2) is 0 Å². The van der Waals surface area contributed by atoms with Crippen molar-refractivity contribution in [3.8, 4) is 0 Å². The molecule has 1 unspecified atom stereocenters. The zero-order valence-corrected chi connectivity index (χ0v) is 12.4. The van der Waals surface area contributed by atoms with E-state index >= 15 is 0 Å². The van der Waals surface area contributed by atoms with E-state index in [0.29, 0.717) is 6.61 Å². The molecule has 0 aliphatic rings. The summed E-state index contributed by atoms with van der Waals surface area (Å²) in [6, 6.07) is 0. The van der Waals surface area contributed by atoms with Crippen LogP contribution in [0, 0.1) is 0 Å². The van der Waals surface area contributed by atoms with Gasteiger partial charge in [0.1, 0.15) is 18.0 Å². The standard InChI is InChI=1S/C9H19BrNO2.BrH/c1-5-8(10)9(12)13-7-6-11(2,3)4;/h8H,5-7H2,1-4H3;1H/q+1;/p-1. The number of esters is 1. The molecule has 1 atom stereocenters. The highest BCUT2D eigenvalue weighted by Gasteiger charge is 2.15. The van der Waals surface area contributed by atoms with E-state index in [-0.39, 0.29) is 27.8 Å². The molecule has 0 N–H and O–H groups in total. The summed E-state index contributed by atoms with van der Waals surface area (Å²) in [6.45, 7) is 3.28. The number of quaternary nitrogens is 1. The number of ether oxygens (including phenoxy) is 1. The molecule has 0 aromatic rings. The third-order valence-electron chi connectivity index (χ3n) is 1.62. The van der Waals surface area contributed by atoms with Gasteiger partial charge in [0.25, 0.3) is 0 Å². The first kappa shape index (κ1) is 16.8. The smallest absolute Gasteiger partial charge is 0.319 e. The van der Waals surface area contributed by atoms with E-state index in [1.165, 1.54) is 0 Å². The van der Waals surface area contributed by atoms with Crippen molar-refractivity contribution in [3.05, 3.63) is 0 Å². The maximum Gasteiger partial charge on any atom is 0.319 e. The first-order chi connectivity index (χ1) is 5.87. The molecule has 0 rings (SSSR count). The van der Waals surface area contributed by atoms with Gasteiger partial charge in [-0.15, -0.1) is 0 Å². The summed E-state index contributed by atoms with van der Waals surface area (Å²) >= 11 is 3.24. The van der Waals surface area contributed by atoms with Crippen LogP contribution in [0.5, 0.6) is 0 Å². The maximum absolute atomic E-state index is 11.2. The molecular formula is C9H19Br2NO2. The lowest BCUT2D eigenvalue weighted by Crippen LogP contribution is -3.00. The van der Waals surface area contributed by atoms with Gasteiger partial charge in [-0.2, -0.15) is 0 Å². The Morgan fingerprint density at radius 3 is 2.29 bits per heavy atom. The molecule has 0 aromatic carbocycles. The van der Waals surface area contributed by atoms with Crippen LogP contribution < -0.4 is 17.0 Å². The second-order valence-corrected chi connectivity index (χ2v) is 5.16. The molecule has 86 valence electrons. The molecular weight excluding hydrogens is 314 g/mol. The lowest BCUT2D eigenvalue weighted by Gasteiger charge is -2.23. The Morgan fingerprint density at radius 2 is 1.93 bits per heavy atom. The van der Waals surface area contributed by atoms with Gasteiger partial charge < -0.3 is 26.2 Å². The molecule has 0 amide bonds. The van der Waals surface area contributed by atoms with Crippen molar-refractivity contribution in [1.82, 2.24) is 0 Å². The van der Waals surface area contributed by atoms with E-state index in [2.05, 4.69) is 37.1 Å². The summed E-state index contributed by atoms with van der Waals surface area (Å²) < 4.78 is 5.88. The quantitative estimate of drug-likeness (QED) is 0.345. The second-order valence-electron chi connectivity index (χ2n) is 4.06. The highest BCUT2D eigenvalue weighted by Crippen LogP contribution is 2.06. The molecule has 0 fully saturated rings. The van der Waals surface area contributed by atoms with E-state index in [4.69, 9.17) is 4.74 Å². The van der Waals surface area contributed by atoms with Crippen molar-refractivity contribution < 1.29 is 31.0 Å². The van der Waals surface area contributed by atoms with Crippen LogP contribution in [0.1, 0.15) is 13.3 Å². The van der Waals surface area contributed by atoms with Gasteiger partial charge >= 0.3 is 5.97 Å². The minimum atomic E-state index is -0.157. The van der Waals surface area contributed by atoms with Gasteiger partial charge in [-0.1, -0.05) is 22.9 Å². The Balaban J connectivity index is 0. The van der Waals surface area contributed by atoms with Crippen LogP contribution in [0.25, 0.3) is 0 Å². The average molecular weight is 333 g/mol. The van der Waals surface area contributed by atoms with Crippen molar-refractivity contribution >= 4 is 21.9 Å². The highest BCUT2D eigenvalue weighted by atomic mass is 79.9.